The molecule has 2 amide bonds. The predicted molar refractivity (Wildman–Crippen MR) is 66.5 cm³/mol. The molecule has 20 heavy (non-hydrogen) atoms. The van der Waals surface area contributed by atoms with Gasteiger partial charge in [0.05, 0.1) is 18.2 Å². The Bertz CT molecular complexity index is 505. The number of carbonyl (C=O) groups is 1. The lowest BCUT2D eigenvalue weighted by Gasteiger charge is -2.45. The third-order valence-corrected chi connectivity index (χ3v) is 3.33. The van der Waals surface area contributed by atoms with Crippen LogP contribution in [0, 0.1) is 0 Å². The van der Waals surface area contributed by atoms with Crippen LogP contribution in [0.15, 0.2) is 24.3 Å². The minimum absolute atomic E-state index is 0.160. The number of rotatable bonds is 2. The summed E-state index contributed by atoms with van der Waals surface area (Å²) in [6.07, 6.45) is -4.69. The molecule has 1 heterocycles. The first-order valence-electron chi connectivity index (χ1n) is 6.15. The van der Waals surface area contributed by atoms with E-state index in [1.165, 1.54) is 19.2 Å². The molecule has 2 rings (SSSR count). The van der Waals surface area contributed by atoms with Gasteiger partial charge in [0.15, 0.2) is 0 Å². The third kappa shape index (κ3) is 2.81. The van der Waals surface area contributed by atoms with E-state index in [1.807, 2.05) is 0 Å². The smallest absolute Gasteiger partial charge is 0.416 e. The average Bonchev–Trinajstić information content (AvgIpc) is 2.41. The SMILES string of the molecule is CNC(=O)N1C[C@H](Oc2cccc(C(F)(F)F)c2)[C@H]1C. The minimum Gasteiger partial charge on any atom is -0.486 e. The molecule has 7 heteroatoms. The number of alkyl halides is 3. The van der Waals surface area contributed by atoms with Gasteiger partial charge in [-0.3, -0.25) is 0 Å². The fraction of sp³-hybridized carbons (Fsp3) is 0.462. The van der Waals surface area contributed by atoms with Crippen LogP contribution in [-0.4, -0.2) is 36.7 Å². The third-order valence-electron chi connectivity index (χ3n) is 3.33. The summed E-state index contributed by atoms with van der Waals surface area (Å²) in [6, 6.07) is 4.34. The lowest BCUT2D eigenvalue weighted by Crippen LogP contribution is -2.64. The number of halogens is 3. The van der Waals surface area contributed by atoms with E-state index in [9.17, 15) is 18.0 Å². The van der Waals surface area contributed by atoms with Crippen molar-refractivity contribution in [3.8, 4) is 5.75 Å². The number of hydrogen-bond acceptors (Lipinski definition) is 2. The van der Waals surface area contributed by atoms with E-state index >= 15 is 0 Å². The van der Waals surface area contributed by atoms with Gasteiger partial charge >= 0.3 is 12.2 Å². The van der Waals surface area contributed by atoms with Crippen molar-refractivity contribution >= 4 is 6.03 Å². The van der Waals surface area contributed by atoms with Crippen molar-refractivity contribution in [2.75, 3.05) is 13.6 Å². The number of amides is 2. The van der Waals surface area contributed by atoms with Gasteiger partial charge in [0, 0.05) is 7.05 Å². The summed E-state index contributed by atoms with van der Waals surface area (Å²) in [5.41, 5.74) is -0.745. The van der Waals surface area contributed by atoms with Crippen LogP contribution in [0.3, 0.4) is 0 Å². The molecule has 0 unspecified atom stereocenters. The van der Waals surface area contributed by atoms with E-state index in [2.05, 4.69) is 5.32 Å². The first-order chi connectivity index (χ1) is 9.32. The number of benzene rings is 1. The standard InChI is InChI=1S/C13H15F3N2O2/c1-8-11(7-18(8)12(19)17-2)20-10-5-3-4-9(6-10)13(14,15)16/h3-6,8,11H,7H2,1-2H3,(H,17,19)/t8-,11+/m1/s1. The largest absolute Gasteiger partial charge is 0.486 e. The number of urea groups is 1. The van der Waals surface area contributed by atoms with Gasteiger partial charge < -0.3 is 15.0 Å². The zero-order valence-corrected chi connectivity index (χ0v) is 11.1. The van der Waals surface area contributed by atoms with Gasteiger partial charge in [0.25, 0.3) is 0 Å². The number of ether oxygens (including phenoxy) is 1. The highest BCUT2D eigenvalue weighted by Gasteiger charge is 2.40. The molecule has 1 aromatic rings. The molecule has 1 saturated heterocycles. The first-order valence-corrected chi connectivity index (χ1v) is 6.15. The van der Waals surface area contributed by atoms with Gasteiger partial charge in [-0.15, -0.1) is 0 Å². The van der Waals surface area contributed by atoms with Gasteiger partial charge in [0.1, 0.15) is 11.9 Å². The van der Waals surface area contributed by atoms with E-state index in [0.29, 0.717) is 6.54 Å². The fourth-order valence-electron chi connectivity index (χ4n) is 2.04. The Hall–Kier alpha value is -1.92. The second kappa shape index (κ2) is 5.22. The molecular weight excluding hydrogens is 273 g/mol. The van der Waals surface area contributed by atoms with E-state index in [0.717, 1.165) is 12.1 Å². The van der Waals surface area contributed by atoms with Crippen LogP contribution in [0.1, 0.15) is 12.5 Å². The molecule has 4 nitrogen and oxygen atoms in total. The zero-order valence-electron chi connectivity index (χ0n) is 11.1. The van der Waals surface area contributed by atoms with Crippen molar-refractivity contribution in [2.24, 2.45) is 0 Å². The van der Waals surface area contributed by atoms with Gasteiger partial charge in [-0.25, -0.2) is 4.79 Å². The van der Waals surface area contributed by atoms with Gasteiger partial charge in [0.2, 0.25) is 0 Å². The topological polar surface area (TPSA) is 41.6 Å². The lowest BCUT2D eigenvalue weighted by molar-refractivity contribution is -0.137. The van der Waals surface area contributed by atoms with E-state index in [4.69, 9.17) is 4.74 Å². The van der Waals surface area contributed by atoms with Crippen molar-refractivity contribution in [1.82, 2.24) is 10.2 Å². The van der Waals surface area contributed by atoms with Crippen LogP contribution < -0.4 is 10.1 Å². The first kappa shape index (κ1) is 14.5. The van der Waals surface area contributed by atoms with E-state index < -0.39 is 11.7 Å². The van der Waals surface area contributed by atoms with Crippen LogP contribution in [-0.2, 0) is 6.18 Å². The molecule has 1 N–H and O–H groups in total. The van der Waals surface area contributed by atoms with Crippen LogP contribution in [0.5, 0.6) is 5.75 Å². The maximum Gasteiger partial charge on any atom is 0.416 e. The Morgan fingerprint density at radius 3 is 2.70 bits per heavy atom. The summed E-state index contributed by atoms with van der Waals surface area (Å²) in [5, 5.41) is 2.49. The van der Waals surface area contributed by atoms with E-state index in [1.54, 1.807) is 11.8 Å². The second-order valence-electron chi connectivity index (χ2n) is 4.63. The summed E-state index contributed by atoms with van der Waals surface area (Å²) >= 11 is 0. The summed E-state index contributed by atoms with van der Waals surface area (Å²) in [5.74, 6) is 0.160. The Kier molecular flexibility index (Phi) is 3.78. The maximum atomic E-state index is 12.6. The van der Waals surface area contributed by atoms with Crippen molar-refractivity contribution in [2.45, 2.75) is 25.2 Å². The monoisotopic (exact) mass is 288 g/mol. The van der Waals surface area contributed by atoms with Gasteiger partial charge in [-0.1, -0.05) is 6.07 Å². The fourth-order valence-corrected chi connectivity index (χ4v) is 2.04. The Balaban J connectivity index is 2.01. The van der Waals surface area contributed by atoms with Crippen LogP contribution >= 0.6 is 0 Å². The predicted octanol–water partition coefficient (Wildman–Crippen LogP) is 2.50. The van der Waals surface area contributed by atoms with Crippen molar-refractivity contribution in [3.63, 3.8) is 0 Å². The zero-order chi connectivity index (χ0) is 14.9. The average molecular weight is 288 g/mol. The minimum atomic E-state index is -4.39. The number of likely N-dealkylation sites (tertiary alicyclic amines) is 1. The highest BCUT2D eigenvalue weighted by atomic mass is 19.4. The molecule has 1 aromatic carbocycles. The second-order valence-corrected chi connectivity index (χ2v) is 4.63. The van der Waals surface area contributed by atoms with Gasteiger partial charge in [-0.05, 0) is 25.1 Å². The maximum absolute atomic E-state index is 12.6. The molecule has 110 valence electrons. The number of hydrogen-bond donors (Lipinski definition) is 1. The van der Waals surface area contributed by atoms with Crippen LogP contribution in [0.2, 0.25) is 0 Å². The number of nitrogens with zero attached hydrogens (tertiary/aromatic N) is 1. The molecule has 1 aliphatic heterocycles. The molecule has 2 atom stereocenters. The lowest BCUT2D eigenvalue weighted by atomic mass is 10.0. The van der Waals surface area contributed by atoms with Gasteiger partial charge in [-0.2, -0.15) is 13.2 Å². The summed E-state index contributed by atoms with van der Waals surface area (Å²) in [4.78, 5) is 13.0. The molecule has 0 aliphatic carbocycles. The summed E-state index contributed by atoms with van der Waals surface area (Å²) < 4.78 is 43.2. The van der Waals surface area contributed by atoms with Crippen LogP contribution in [0.4, 0.5) is 18.0 Å². The Labute approximate surface area is 114 Å². The highest BCUT2D eigenvalue weighted by Crippen LogP contribution is 2.32. The molecule has 1 aliphatic rings. The summed E-state index contributed by atoms with van der Waals surface area (Å²) in [7, 11) is 1.52. The van der Waals surface area contributed by atoms with Crippen molar-refractivity contribution in [1.29, 1.82) is 0 Å². The van der Waals surface area contributed by atoms with Crippen LogP contribution in [0.25, 0.3) is 0 Å². The molecule has 1 fully saturated rings. The van der Waals surface area contributed by atoms with Crippen molar-refractivity contribution in [3.05, 3.63) is 29.8 Å². The van der Waals surface area contributed by atoms with E-state index in [-0.39, 0.29) is 23.9 Å². The highest BCUT2D eigenvalue weighted by molar-refractivity contribution is 5.75. The summed E-state index contributed by atoms with van der Waals surface area (Å²) in [6.45, 7) is 2.15. The molecule has 0 aromatic heterocycles. The molecule has 0 radical (unpaired) electrons. The van der Waals surface area contributed by atoms with Crippen molar-refractivity contribution < 1.29 is 22.7 Å². The number of carbonyl (C=O) groups excluding carboxylic acids is 1. The number of nitrogens with one attached hydrogen (secondary N) is 1. The molecule has 0 bridgehead atoms. The normalized spacial score (nSPS) is 22.1. The molecule has 0 spiro atoms. The Morgan fingerprint density at radius 1 is 1.45 bits per heavy atom. The quantitative estimate of drug-likeness (QED) is 0.908. The molecule has 0 saturated carbocycles. The Morgan fingerprint density at radius 2 is 2.15 bits per heavy atom. The molecular formula is C13H15F3N2O2.